The van der Waals surface area contributed by atoms with Crippen molar-refractivity contribution in [2.75, 3.05) is 0 Å². The summed E-state index contributed by atoms with van der Waals surface area (Å²) in [5.74, 6) is -1.20. The van der Waals surface area contributed by atoms with Crippen LogP contribution < -0.4 is 5.32 Å². The van der Waals surface area contributed by atoms with Crippen molar-refractivity contribution < 1.29 is 14.7 Å². The highest BCUT2D eigenvalue weighted by atomic mass is 32.1. The SMILES string of the molecule is Cc1c(CNC(=O)c2csc(/C=C/C(=O)O)c2)cnn1C. The molecule has 0 radical (unpaired) electrons. The van der Waals surface area contributed by atoms with Crippen LogP contribution in [-0.4, -0.2) is 26.8 Å². The molecule has 0 aliphatic heterocycles. The van der Waals surface area contributed by atoms with Gasteiger partial charge in [0.05, 0.1) is 11.8 Å². The Kier molecular flexibility index (Phi) is 4.54. The lowest BCUT2D eigenvalue weighted by Crippen LogP contribution is -2.22. The summed E-state index contributed by atoms with van der Waals surface area (Å²) in [4.78, 5) is 23.2. The van der Waals surface area contributed by atoms with E-state index in [1.165, 1.54) is 17.4 Å². The van der Waals surface area contributed by atoms with Gasteiger partial charge in [-0.15, -0.1) is 11.3 Å². The molecule has 6 nitrogen and oxygen atoms in total. The van der Waals surface area contributed by atoms with E-state index in [9.17, 15) is 9.59 Å². The summed E-state index contributed by atoms with van der Waals surface area (Å²) in [6.45, 7) is 2.35. The minimum atomic E-state index is -1.01. The average Bonchev–Trinajstić information content (AvgIpc) is 3.03. The van der Waals surface area contributed by atoms with E-state index in [0.717, 1.165) is 22.2 Å². The summed E-state index contributed by atoms with van der Waals surface area (Å²) < 4.78 is 1.75. The molecular formula is C14H15N3O3S. The minimum absolute atomic E-state index is 0.190. The number of thiophene rings is 1. The number of carboxylic acid groups (broad SMARTS) is 1. The van der Waals surface area contributed by atoms with Crippen molar-refractivity contribution in [1.29, 1.82) is 0 Å². The molecule has 0 aliphatic carbocycles. The number of carbonyl (C=O) groups is 2. The van der Waals surface area contributed by atoms with Crippen molar-refractivity contribution in [1.82, 2.24) is 15.1 Å². The molecule has 0 saturated heterocycles. The third-order valence-corrected chi connectivity index (χ3v) is 3.95. The molecule has 7 heteroatoms. The van der Waals surface area contributed by atoms with Crippen LogP contribution in [0.5, 0.6) is 0 Å². The number of hydrogen-bond donors (Lipinski definition) is 2. The summed E-state index contributed by atoms with van der Waals surface area (Å²) in [6, 6.07) is 1.66. The maximum absolute atomic E-state index is 12.0. The fraction of sp³-hybridized carbons (Fsp3) is 0.214. The summed E-state index contributed by atoms with van der Waals surface area (Å²) in [5, 5.41) is 17.2. The molecule has 0 aliphatic rings. The molecular weight excluding hydrogens is 290 g/mol. The number of aryl methyl sites for hydroxylation is 1. The van der Waals surface area contributed by atoms with E-state index in [2.05, 4.69) is 10.4 Å². The van der Waals surface area contributed by atoms with Crippen LogP contribution in [-0.2, 0) is 18.4 Å². The largest absolute Gasteiger partial charge is 0.478 e. The lowest BCUT2D eigenvalue weighted by atomic mass is 10.2. The monoisotopic (exact) mass is 305 g/mol. The first kappa shape index (κ1) is 15.0. The fourth-order valence-corrected chi connectivity index (χ4v) is 2.49. The summed E-state index contributed by atoms with van der Waals surface area (Å²) in [7, 11) is 1.85. The molecule has 0 unspecified atom stereocenters. The Hall–Kier alpha value is -2.41. The highest BCUT2D eigenvalue weighted by molar-refractivity contribution is 7.11. The highest BCUT2D eigenvalue weighted by Gasteiger charge is 2.09. The van der Waals surface area contributed by atoms with Crippen LogP contribution in [0.25, 0.3) is 6.08 Å². The molecule has 0 saturated carbocycles. The maximum atomic E-state index is 12.0. The lowest BCUT2D eigenvalue weighted by molar-refractivity contribution is -0.131. The van der Waals surface area contributed by atoms with Gasteiger partial charge in [-0.3, -0.25) is 9.48 Å². The number of carbonyl (C=O) groups excluding carboxylic acids is 1. The van der Waals surface area contributed by atoms with Crippen LogP contribution in [0, 0.1) is 6.92 Å². The number of amides is 1. The summed E-state index contributed by atoms with van der Waals surface area (Å²) >= 11 is 1.32. The molecule has 2 N–H and O–H groups in total. The molecule has 0 bridgehead atoms. The second kappa shape index (κ2) is 6.36. The summed E-state index contributed by atoms with van der Waals surface area (Å²) in [6.07, 6.45) is 4.24. The maximum Gasteiger partial charge on any atom is 0.328 e. The normalized spacial score (nSPS) is 11.0. The number of nitrogens with zero attached hydrogens (tertiary/aromatic N) is 2. The predicted molar refractivity (Wildman–Crippen MR) is 80.1 cm³/mol. The lowest BCUT2D eigenvalue weighted by Gasteiger charge is -2.03. The van der Waals surface area contributed by atoms with E-state index < -0.39 is 5.97 Å². The first-order chi connectivity index (χ1) is 9.97. The molecule has 1 amide bonds. The van der Waals surface area contributed by atoms with Gasteiger partial charge in [0.1, 0.15) is 0 Å². The van der Waals surface area contributed by atoms with Gasteiger partial charge in [-0.1, -0.05) is 0 Å². The van der Waals surface area contributed by atoms with Gasteiger partial charge in [0.25, 0.3) is 5.91 Å². The van der Waals surface area contributed by atoms with E-state index in [4.69, 9.17) is 5.11 Å². The zero-order valence-electron chi connectivity index (χ0n) is 11.7. The third kappa shape index (κ3) is 3.79. The molecule has 0 fully saturated rings. The van der Waals surface area contributed by atoms with Crippen LogP contribution in [0.1, 0.15) is 26.5 Å². The highest BCUT2D eigenvalue weighted by Crippen LogP contribution is 2.16. The molecule has 2 heterocycles. The van der Waals surface area contributed by atoms with E-state index in [0.29, 0.717) is 12.1 Å². The van der Waals surface area contributed by atoms with Crippen LogP contribution >= 0.6 is 11.3 Å². The second-order valence-corrected chi connectivity index (χ2v) is 5.41. The van der Waals surface area contributed by atoms with Gasteiger partial charge in [-0.05, 0) is 19.1 Å². The van der Waals surface area contributed by atoms with Crippen molar-refractivity contribution in [3.63, 3.8) is 0 Å². The van der Waals surface area contributed by atoms with Gasteiger partial charge in [0.2, 0.25) is 0 Å². The van der Waals surface area contributed by atoms with E-state index in [1.54, 1.807) is 22.3 Å². The van der Waals surface area contributed by atoms with Gasteiger partial charge >= 0.3 is 5.97 Å². The Morgan fingerprint density at radius 2 is 2.29 bits per heavy atom. The van der Waals surface area contributed by atoms with Crippen LogP contribution in [0.2, 0.25) is 0 Å². The molecule has 110 valence electrons. The molecule has 2 aromatic rings. The Balaban J connectivity index is 1.97. The number of hydrogen-bond acceptors (Lipinski definition) is 4. The average molecular weight is 305 g/mol. The first-order valence-corrected chi connectivity index (χ1v) is 7.10. The van der Waals surface area contributed by atoms with E-state index >= 15 is 0 Å². The second-order valence-electron chi connectivity index (χ2n) is 4.47. The number of nitrogens with one attached hydrogen (secondary N) is 1. The van der Waals surface area contributed by atoms with Crippen molar-refractivity contribution in [3.8, 4) is 0 Å². The standard InChI is InChI=1S/C14H15N3O3S/c1-9-11(7-16-17(9)2)6-15-14(20)10-5-12(21-8-10)3-4-13(18)19/h3-5,7-8H,6H2,1-2H3,(H,15,20)(H,18,19)/b4-3+. The quantitative estimate of drug-likeness (QED) is 0.825. The van der Waals surface area contributed by atoms with Crippen LogP contribution in [0.4, 0.5) is 0 Å². The fourth-order valence-electron chi connectivity index (χ4n) is 1.71. The van der Waals surface area contributed by atoms with Crippen molar-refractivity contribution in [2.24, 2.45) is 7.05 Å². The van der Waals surface area contributed by atoms with Gasteiger partial charge < -0.3 is 10.4 Å². The van der Waals surface area contributed by atoms with E-state index in [1.807, 2.05) is 14.0 Å². The topological polar surface area (TPSA) is 84.2 Å². The van der Waals surface area contributed by atoms with Crippen LogP contribution in [0.3, 0.4) is 0 Å². The minimum Gasteiger partial charge on any atom is -0.478 e. The molecule has 0 spiro atoms. The number of aliphatic carboxylic acids is 1. The van der Waals surface area contributed by atoms with Crippen molar-refractivity contribution in [3.05, 3.63) is 45.4 Å². The molecule has 0 aromatic carbocycles. The first-order valence-electron chi connectivity index (χ1n) is 6.22. The third-order valence-electron chi connectivity index (χ3n) is 3.05. The zero-order valence-corrected chi connectivity index (χ0v) is 12.5. The Morgan fingerprint density at radius 3 is 2.90 bits per heavy atom. The predicted octanol–water partition coefficient (Wildman–Crippen LogP) is 1.82. The number of rotatable bonds is 5. The van der Waals surface area contributed by atoms with Crippen molar-refractivity contribution >= 4 is 29.3 Å². The number of carboxylic acids is 1. The molecule has 2 aromatic heterocycles. The molecule has 2 rings (SSSR count). The molecule has 21 heavy (non-hydrogen) atoms. The Labute approximate surface area is 125 Å². The van der Waals surface area contributed by atoms with Gasteiger partial charge in [-0.25, -0.2) is 4.79 Å². The van der Waals surface area contributed by atoms with Crippen LogP contribution in [0.15, 0.2) is 23.7 Å². The number of aromatic nitrogens is 2. The smallest absolute Gasteiger partial charge is 0.328 e. The molecule has 0 atom stereocenters. The van der Waals surface area contributed by atoms with Gasteiger partial charge in [-0.2, -0.15) is 5.10 Å². The summed E-state index contributed by atoms with van der Waals surface area (Å²) in [5.41, 5.74) is 2.49. The van der Waals surface area contributed by atoms with Gasteiger partial charge in [0, 0.05) is 41.2 Å². The van der Waals surface area contributed by atoms with Crippen molar-refractivity contribution in [2.45, 2.75) is 13.5 Å². The van der Waals surface area contributed by atoms with Gasteiger partial charge in [0.15, 0.2) is 0 Å². The Bertz CT molecular complexity index is 700. The van der Waals surface area contributed by atoms with E-state index in [-0.39, 0.29) is 5.91 Å². The zero-order chi connectivity index (χ0) is 15.4. The Morgan fingerprint density at radius 1 is 1.52 bits per heavy atom.